The van der Waals surface area contributed by atoms with Crippen molar-refractivity contribution in [1.82, 2.24) is 4.90 Å². The number of likely N-dealkylation sites (tertiary alicyclic amines) is 1. The van der Waals surface area contributed by atoms with Gasteiger partial charge in [-0.1, -0.05) is 36.4 Å². The standard InChI is InChI=1S/C16H17NO3/c18-10-12-7-5-11(6-8-12)9-17-15(19)13-3-1-2-4-14(13)16(17)20/h1-2,5-8,13-14,18H,3-4,9-10H2/t13-,14+. The molecular weight excluding hydrogens is 254 g/mol. The van der Waals surface area contributed by atoms with Crippen molar-refractivity contribution in [2.75, 3.05) is 0 Å². The van der Waals surface area contributed by atoms with Gasteiger partial charge in [0.15, 0.2) is 0 Å². The fraction of sp³-hybridized carbons (Fsp3) is 0.375. The largest absolute Gasteiger partial charge is 0.392 e. The molecule has 3 rings (SSSR count). The van der Waals surface area contributed by atoms with Crippen LogP contribution in [-0.4, -0.2) is 21.8 Å². The molecule has 1 fully saturated rings. The minimum Gasteiger partial charge on any atom is -0.392 e. The maximum atomic E-state index is 12.3. The summed E-state index contributed by atoms with van der Waals surface area (Å²) >= 11 is 0. The highest BCUT2D eigenvalue weighted by Gasteiger charge is 2.46. The molecule has 1 aromatic carbocycles. The smallest absolute Gasteiger partial charge is 0.233 e. The predicted octanol–water partition coefficient (Wildman–Crippen LogP) is 1.63. The number of amides is 2. The maximum Gasteiger partial charge on any atom is 0.233 e. The van der Waals surface area contributed by atoms with Gasteiger partial charge in [-0.25, -0.2) is 0 Å². The average Bonchev–Trinajstić information content (AvgIpc) is 2.74. The van der Waals surface area contributed by atoms with E-state index in [2.05, 4.69) is 0 Å². The Morgan fingerprint density at radius 3 is 1.95 bits per heavy atom. The van der Waals surface area contributed by atoms with Crippen LogP contribution in [0.1, 0.15) is 24.0 Å². The molecule has 1 heterocycles. The van der Waals surface area contributed by atoms with E-state index in [1.54, 1.807) is 0 Å². The van der Waals surface area contributed by atoms with Crippen LogP contribution in [0.15, 0.2) is 36.4 Å². The third kappa shape index (κ3) is 2.16. The van der Waals surface area contributed by atoms with E-state index >= 15 is 0 Å². The van der Waals surface area contributed by atoms with Crippen molar-refractivity contribution in [3.05, 3.63) is 47.5 Å². The van der Waals surface area contributed by atoms with Gasteiger partial charge in [0.25, 0.3) is 0 Å². The molecule has 0 saturated carbocycles. The second kappa shape index (κ2) is 5.21. The van der Waals surface area contributed by atoms with Gasteiger partial charge in [-0.3, -0.25) is 14.5 Å². The van der Waals surface area contributed by atoms with E-state index in [1.165, 1.54) is 4.90 Å². The topological polar surface area (TPSA) is 57.6 Å². The first-order valence-corrected chi connectivity index (χ1v) is 6.89. The zero-order chi connectivity index (χ0) is 14.1. The van der Waals surface area contributed by atoms with Crippen LogP contribution in [0.2, 0.25) is 0 Å². The molecule has 4 heteroatoms. The summed E-state index contributed by atoms with van der Waals surface area (Å²) in [4.78, 5) is 26.0. The van der Waals surface area contributed by atoms with E-state index in [0.717, 1.165) is 11.1 Å². The molecule has 2 aliphatic rings. The SMILES string of the molecule is O=C1[C@H]2CC=CC[C@H]2C(=O)N1Cc1ccc(CO)cc1. The molecule has 0 bridgehead atoms. The number of benzene rings is 1. The Bertz CT molecular complexity index is 536. The van der Waals surface area contributed by atoms with Crippen molar-refractivity contribution in [1.29, 1.82) is 0 Å². The van der Waals surface area contributed by atoms with Crippen LogP contribution in [0.5, 0.6) is 0 Å². The van der Waals surface area contributed by atoms with Gasteiger partial charge in [-0.05, 0) is 24.0 Å². The molecule has 0 radical (unpaired) electrons. The van der Waals surface area contributed by atoms with Crippen molar-refractivity contribution in [2.24, 2.45) is 11.8 Å². The Hall–Kier alpha value is -1.94. The summed E-state index contributed by atoms with van der Waals surface area (Å²) in [5.41, 5.74) is 1.74. The van der Waals surface area contributed by atoms with Crippen LogP contribution < -0.4 is 0 Å². The highest BCUT2D eigenvalue weighted by molar-refractivity contribution is 6.05. The number of hydrogen-bond donors (Lipinski definition) is 1. The van der Waals surface area contributed by atoms with Crippen LogP contribution in [0.4, 0.5) is 0 Å². The minimum absolute atomic E-state index is 0.00231. The number of imide groups is 1. The maximum absolute atomic E-state index is 12.3. The number of aliphatic hydroxyl groups excluding tert-OH is 1. The minimum atomic E-state index is -0.163. The van der Waals surface area contributed by atoms with Crippen LogP contribution >= 0.6 is 0 Å². The van der Waals surface area contributed by atoms with Gasteiger partial charge in [0.1, 0.15) is 0 Å². The first-order valence-electron chi connectivity index (χ1n) is 6.89. The predicted molar refractivity (Wildman–Crippen MR) is 73.3 cm³/mol. The van der Waals surface area contributed by atoms with Crippen molar-refractivity contribution in [3.8, 4) is 0 Å². The number of aliphatic hydroxyl groups is 1. The number of fused-ring (bicyclic) bond motifs is 1. The molecule has 2 atom stereocenters. The van der Waals surface area contributed by atoms with Gasteiger partial charge in [-0.15, -0.1) is 0 Å². The van der Waals surface area contributed by atoms with Gasteiger partial charge in [0, 0.05) is 0 Å². The van der Waals surface area contributed by atoms with E-state index < -0.39 is 0 Å². The van der Waals surface area contributed by atoms with Gasteiger partial charge in [0.2, 0.25) is 11.8 Å². The molecule has 2 amide bonds. The zero-order valence-corrected chi connectivity index (χ0v) is 11.2. The zero-order valence-electron chi connectivity index (χ0n) is 11.2. The third-order valence-electron chi connectivity index (χ3n) is 4.15. The number of allylic oxidation sites excluding steroid dienone is 2. The molecule has 0 unspecified atom stereocenters. The highest BCUT2D eigenvalue weighted by Crippen LogP contribution is 2.35. The van der Waals surface area contributed by atoms with Crippen molar-refractivity contribution < 1.29 is 14.7 Å². The number of nitrogens with zero attached hydrogens (tertiary/aromatic N) is 1. The molecule has 20 heavy (non-hydrogen) atoms. The fourth-order valence-corrected chi connectivity index (χ4v) is 2.96. The first kappa shape index (κ1) is 13.1. The van der Waals surface area contributed by atoms with E-state index in [0.29, 0.717) is 19.4 Å². The molecule has 1 aliphatic carbocycles. The quantitative estimate of drug-likeness (QED) is 0.671. The Morgan fingerprint density at radius 2 is 1.45 bits per heavy atom. The van der Waals surface area contributed by atoms with Crippen molar-refractivity contribution >= 4 is 11.8 Å². The lowest BCUT2D eigenvalue weighted by Gasteiger charge is -2.14. The molecule has 0 spiro atoms. The van der Waals surface area contributed by atoms with Crippen LogP contribution in [0.25, 0.3) is 0 Å². The summed E-state index contributed by atoms with van der Waals surface area (Å²) < 4.78 is 0. The van der Waals surface area contributed by atoms with Crippen LogP contribution in [-0.2, 0) is 22.7 Å². The van der Waals surface area contributed by atoms with Crippen LogP contribution in [0, 0.1) is 11.8 Å². The number of carbonyl (C=O) groups excluding carboxylic acids is 2. The number of carbonyl (C=O) groups is 2. The Morgan fingerprint density at radius 1 is 0.950 bits per heavy atom. The van der Waals surface area contributed by atoms with E-state index in [1.807, 2.05) is 36.4 Å². The number of rotatable bonds is 3. The number of hydrogen-bond acceptors (Lipinski definition) is 3. The Balaban J connectivity index is 1.77. The lowest BCUT2D eigenvalue weighted by molar-refractivity contribution is -0.140. The van der Waals surface area contributed by atoms with Gasteiger partial charge < -0.3 is 5.11 Å². The highest BCUT2D eigenvalue weighted by atomic mass is 16.3. The summed E-state index contributed by atoms with van der Waals surface area (Å²) in [6.45, 7) is 0.327. The second-order valence-corrected chi connectivity index (χ2v) is 5.39. The monoisotopic (exact) mass is 271 g/mol. The lowest BCUT2D eigenvalue weighted by Crippen LogP contribution is -2.30. The molecular formula is C16H17NO3. The fourth-order valence-electron chi connectivity index (χ4n) is 2.96. The van der Waals surface area contributed by atoms with Crippen molar-refractivity contribution in [2.45, 2.75) is 26.0 Å². The molecule has 1 saturated heterocycles. The summed E-state index contributed by atoms with van der Waals surface area (Å²) in [5, 5.41) is 9.01. The normalized spacial score (nSPS) is 25.1. The average molecular weight is 271 g/mol. The van der Waals surface area contributed by atoms with E-state index in [4.69, 9.17) is 5.11 Å². The first-order chi connectivity index (χ1) is 9.70. The summed E-state index contributed by atoms with van der Waals surface area (Å²) in [6, 6.07) is 7.34. The summed E-state index contributed by atoms with van der Waals surface area (Å²) in [5.74, 6) is -0.417. The Labute approximate surface area is 117 Å². The molecule has 1 N–H and O–H groups in total. The molecule has 1 aromatic rings. The molecule has 1 aliphatic heterocycles. The van der Waals surface area contributed by atoms with E-state index in [9.17, 15) is 9.59 Å². The Kier molecular flexibility index (Phi) is 3.40. The third-order valence-corrected chi connectivity index (χ3v) is 4.15. The second-order valence-electron chi connectivity index (χ2n) is 5.39. The van der Waals surface area contributed by atoms with Gasteiger partial charge in [-0.2, -0.15) is 0 Å². The van der Waals surface area contributed by atoms with Gasteiger partial charge >= 0.3 is 0 Å². The van der Waals surface area contributed by atoms with Crippen LogP contribution in [0.3, 0.4) is 0 Å². The summed E-state index contributed by atoms with van der Waals surface area (Å²) in [6.07, 6.45) is 5.34. The molecule has 0 aromatic heterocycles. The molecule has 104 valence electrons. The molecule has 4 nitrogen and oxygen atoms in total. The van der Waals surface area contributed by atoms with Gasteiger partial charge in [0.05, 0.1) is 25.0 Å². The summed E-state index contributed by atoms with van der Waals surface area (Å²) in [7, 11) is 0. The van der Waals surface area contributed by atoms with Crippen molar-refractivity contribution in [3.63, 3.8) is 0 Å². The van der Waals surface area contributed by atoms with E-state index in [-0.39, 0.29) is 30.3 Å². The lowest BCUT2D eigenvalue weighted by atomic mass is 9.85.